The highest BCUT2D eigenvalue weighted by molar-refractivity contribution is 6.31. The van der Waals surface area contributed by atoms with Crippen LogP contribution >= 0.6 is 11.6 Å². The van der Waals surface area contributed by atoms with Crippen molar-refractivity contribution in [2.75, 3.05) is 26.2 Å². The molecule has 0 bridgehead atoms. The molecule has 4 rings (SSSR count). The number of benzene rings is 1. The predicted molar refractivity (Wildman–Crippen MR) is 125 cm³/mol. The number of piperazine rings is 1. The molecule has 2 aromatic heterocycles. The van der Waals surface area contributed by atoms with Gasteiger partial charge in [-0.3, -0.25) is 9.59 Å². The molecule has 9 heteroatoms. The fourth-order valence-electron chi connectivity index (χ4n) is 3.74. The third-order valence-electron chi connectivity index (χ3n) is 5.67. The summed E-state index contributed by atoms with van der Waals surface area (Å²) in [4.78, 5) is 28.6. The molecule has 0 saturated carbocycles. The van der Waals surface area contributed by atoms with Gasteiger partial charge in [-0.25, -0.2) is 4.68 Å². The first kappa shape index (κ1) is 22.8. The number of aryl methyl sites for hydroxylation is 3. The number of hydrogen-bond acceptors (Lipinski definition) is 5. The van der Waals surface area contributed by atoms with Crippen LogP contribution in [0, 0.1) is 20.8 Å². The second kappa shape index (κ2) is 9.62. The van der Waals surface area contributed by atoms with Gasteiger partial charge in [0.2, 0.25) is 11.7 Å². The standard InChI is InChI=1S/C24H26ClN5O3/c1-16-4-6-19(7-5-16)15-30-23(25)20(18(3)26-30)8-9-22(31)28-10-12-29(13-11-28)24(32)21-14-17(2)27-33-21/h4-9,14H,10-13,15H2,1-3H3. The summed E-state index contributed by atoms with van der Waals surface area (Å²) in [6.07, 6.45) is 3.23. The van der Waals surface area contributed by atoms with Crippen LogP contribution in [-0.2, 0) is 11.3 Å². The van der Waals surface area contributed by atoms with Crippen LogP contribution in [0.25, 0.3) is 6.08 Å². The molecule has 1 aliphatic heterocycles. The second-order valence-electron chi connectivity index (χ2n) is 8.22. The Kier molecular flexibility index (Phi) is 6.65. The van der Waals surface area contributed by atoms with Crippen LogP contribution in [0.5, 0.6) is 0 Å². The normalized spacial score (nSPS) is 14.3. The van der Waals surface area contributed by atoms with Gasteiger partial charge in [0.15, 0.2) is 0 Å². The summed E-state index contributed by atoms with van der Waals surface area (Å²) >= 11 is 6.56. The third kappa shape index (κ3) is 5.17. The Bertz CT molecular complexity index is 1190. The fourth-order valence-corrected chi connectivity index (χ4v) is 4.04. The Hall–Kier alpha value is -3.39. The van der Waals surface area contributed by atoms with Crippen molar-refractivity contribution >= 4 is 29.5 Å². The molecule has 0 radical (unpaired) electrons. The Morgan fingerprint density at radius 3 is 2.36 bits per heavy atom. The Balaban J connectivity index is 1.36. The van der Waals surface area contributed by atoms with Gasteiger partial charge in [0.05, 0.1) is 17.9 Å². The topological polar surface area (TPSA) is 84.5 Å². The van der Waals surface area contributed by atoms with Crippen molar-refractivity contribution in [3.05, 3.63) is 75.4 Å². The molecule has 172 valence electrons. The molecule has 3 aromatic rings. The zero-order chi connectivity index (χ0) is 23.5. The van der Waals surface area contributed by atoms with Gasteiger partial charge in [-0.15, -0.1) is 0 Å². The molecular formula is C24H26ClN5O3. The molecule has 8 nitrogen and oxygen atoms in total. The predicted octanol–water partition coefficient (Wildman–Crippen LogP) is 3.50. The van der Waals surface area contributed by atoms with E-state index in [-0.39, 0.29) is 17.6 Å². The monoisotopic (exact) mass is 467 g/mol. The molecule has 1 aliphatic rings. The van der Waals surface area contributed by atoms with Crippen LogP contribution in [0.2, 0.25) is 5.15 Å². The minimum Gasteiger partial charge on any atom is -0.351 e. The lowest BCUT2D eigenvalue weighted by molar-refractivity contribution is -0.127. The van der Waals surface area contributed by atoms with E-state index >= 15 is 0 Å². The van der Waals surface area contributed by atoms with Crippen molar-refractivity contribution in [3.63, 3.8) is 0 Å². The highest BCUT2D eigenvalue weighted by Crippen LogP contribution is 2.23. The van der Waals surface area contributed by atoms with Crippen molar-refractivity contribution < 1.29 is 14.1 Å². The van der Waals surface area contributed by atoms with E-state index in [1.807, 2.05) is 13.8 Å². The third-order valence-corrected chi connectivity index (χ3v) is 6.07. The summed E-state index contributed by atoms with van der Waals surface area (Å²) in [6, 6.07) is 9.83. The highest BCUT2D eigenvalue weighted by atomic mass is 35.5. The van der Waals surface area contributed by atoms with E-state index in [4.69, 9.17) is 16.1 Å². The second-order valence-corrected chi connectivity index (χ2v) is 8.57. The van der Waals surface area contributed by atoms with Gasteiger partial charge in [-0.1, -0.05) is 46.6 Å². The number of aromatic nitrogens is 3. The van der Waals surface area contributed by atoms with E-state index in [1.165, 1.54) is 11.6 Å². The zero-order valence-electron chi connectivity index (χ0n) is 18.9. The summed E-state index contributed by atoms with van der Waals surface area (Å²) in [7, 11) is 0. The molecule has 0 aliphatic carbocycles. The SMILES string of the molecule is Cc1ccc(Cn2nc(C)c(C=CC(=O)N3CCN(C(=O)c4cc(C)no4)CC3)c2Cl)cc1. The minimum atomic E-state index is -0.207. The van der Waals surface area contributed by atoms with E-state index in [9.17, 15) is 9.59 Å². The lowest BCUT2D eigenvalue weighted by atomic mass is 10.1. The quantitative estimate of drug-likeness (QED) is 0.536. The molecule has 1 fully saturated rings. The maximum atomic E-state index is 12.7. The molecule has 0 atom stereocenters. The van der Waals surface area contributed by atoms with Crippen LogP contribution in [0.3, 0.4) is 0 Å². The number of carbonyl (C=O) groups excluding carboxylic acids is 2. The molecule has 33 heavy (non-hydrogen) atoms. The maximum absolute atomic E-state index is 12.7. The van der Waals surface area contributed by atoms with Gasteiger partial charge < -0.3 is 14.3 Å². The summed E-state index contributed by atoms with van der Waals surface area (Å²) < 4.78 is 6.79. The molecule has 1 saturated heterocycles. The van der Waals surface area contributed by atoms with Crippen molar-refractivity contribution in [3.8, 4) is 0 Å². The number of nitrogens with zero attached hydrogens (tertiary/aromatic N) is 5. The maximum Gasteiger partial charge on any atom is 0.292 e. The lowest BCUT2D eigenvalue weighted by Gasteiger charge is -2.33. The molecular weight excluding hydrogens is 442 g/mol. The van der Waals surface area contributed by atoms with Crippen LogP contribution < -0.4 is 0 Å². The first-order chi connectivity index (χ1) is 15.8. The van der Waals surface area contributed by atoms with Crippen molar-refractivity contribution in [1.82, 2.24) is 24.7 Å². The number of rotatable bonds is 5. The van der Waals surface area contributed by atoms with Crippen LogP contribution in [-0.4, -0.2) is 62.7 Å². The summed E-state index contributed by atoms with van der Waals surface area (Å²) in [5.41, 5.74) is 4.44. The molecule has 1 aromatic carbocycles. The number of hydrogen-bond donors (Lipinski definition) is 0. The summed E-state index contributed by atoms with van der Waals surface area (Å²) in [5, 5.41) is 8.78. The number of carbonyl (C=O) groups is 2. The molecule has 0 unspecified atom stereocenters. The first-order valence-electron chi connectivity index (χ1n) is 10.8. The smallest absolute Gasteiger partial charge is 0.292 e. The lowest BCUT2D eigenvalue weighted by Crippen LogP contribution is -2.50. The van der Waals surface area contributed by atoms with Crippen molar-refractivity contribution in [1.29, 1.82) is 0 Å². The van der Waals surface area contributed by atoms with E-state index < -0.39 is 0 Å². The van der Waals surface area contributed by atoms with Gasteiger partial charge >= 0.3 is 0 Å². The van der Waals surface area contributed by atoms with Crippen LogP contribution in [0.4, 0.5) is 0 Å². The fraction of sp³-hybridized carbons (Fsp3) is 0.333. The van der Waals surface area contributed by atoms with Gasteiger partial charge in [-0.2, -0.15) is 5.10 Å². The van der Waals surface area contributed by atoms with E-state index in [1.54, 1.807) is 33.5 Å². The highest BCUT2D eigenvalue weighted by Gasteiger charge is 2.26. The minimum absolute atomic E-state index is 0.126. The Labute approximate surface area is 197 Å². The van der Waals surface area contributed by atoms with Gasteiger partial charge in [0.1, 0.15) is 5.15 Å². The van der Waals surface area contributed by atoms with Gasteiger partial charge in [0, 0.05) is 43.9 Å². The Morgan fingerprint density at radius 1 is 1.06 bits per heavy atom. The molecule has 2 amide bonds. The first-order valence-corrected chi connectivity index (χ1v) is 11.2. The number of halogens is 1. The summed E-state index contributed by atoms with van der Waals surface area (Å²) in [5.74, 6) is -0.110. The Morgan fingerprint density at radius 2 is 1.73 bits per heavy atom. The molecule has 3 heterocycles. The van der Waals surface area contributed by atoms with Gasteiger partial charge in [-0.05, 0) is 32.4 Å². The molecule has 0 N–H and O–H groups in total. The van der Waals surface area contributed by atoms with Gasteiger partial charge in [0.25, 0.3) is 5.91 Å². The number of amides is 2. The van der Waals surface area contributed by atoms with Crippen LogP contribution in [0.1, 0.15) is 38.6 Å². The molecule has 0 spiro atoms. The van der Waals surface area contributed by atoms with Crippen molar-refractivity contribution in [2.24, 2.45) is 0 Å². The zero-order valence-corrected chi connectivity index (χ0v) is 19.7. The largest absolute Gasteiger partial charge is 0.351 e. The van der Waals surface area contributed by atoms with E-state index in [0.717, 1.165) is 16.8 Å². The van der Waals surface area contributed by atoms with E-state index in [0.29, 0.717) is 43.6 Å². The average molecular weight is 468 g/mol. The van der Waals surface area contributed by atoms with Crippen LogP contribution in [0.15, 0.2) is 40.9 Å². The summed E-state index contributed by atoms with van der Waals surface area (Å²) in [6.45, 7) is 8.01. The van der Waals surface area contributed by atoms with Crippen molar-refractivity contribution in [2.45, 2.75) is 27.3 Å². The van der Waals surface area contributed by atoms with E-state index in [2.05, 4.69) is 34.5 Å². The average Bonchev–Trinajstić information content (AvgIpc) is 3.36.